The topological polar surface area (TPSA) is 96.0 Å². The monoisotopic (exact) mass is 603 g/mol. The molecule has 0 saturated heterocycles. The zero-order valence-corrected chi connectivity index (χ0v) is 25.1. The lowest BCUT2D eigenvalue weighted by molar-refractivity contribution is -0.139. The number of sulfonamides is 1. The summed E-state index contributed by atoms with van der Waals surface area (Å²) in [5.74, 6) is -1.04. The largest absolute Gasteiger partial charge is 0.494 e. The van der Waals surface area contributed by atoms with Gasteiger partial charge in [-0.1, -0.05) is 30.7 Å². The molecule has 1 N–H and O–H groups in total. The number of hydrogen-bond donors (Lipinski definition) is 1. The molecule has 0 aliphatic rings. The standard InChI is InChI=1S/C30H35ClFN3O5S/c1-5-21(3)33-30(37)22(4)34(19-23-7-9-24(31)10-8-23)29(36)20-35(26-13-15-27(16-14-26)40-6-2)41(38,39)28-17-11-25(32)12-18-28/h7-18,21-22H,5-6,19-20H2,1-4H3,(H,33,37)/t21-,22+/m0/s1. The minimum Gasteiger partial charge on any atom is -0.494 e. The molecule has 0 unspecified atom stereocenters. The van der Waals surface area contributed by atoms with E-state index in [9.17, 15) is 22.4 Å². The van der Waals surface area contributed by atoms with Crippen molar-refractivity contribution >= 4 is 39.1 Å². The average Bonchev–Trinajstić information content (AvgIpc) is 2.95. The first kappa shape index (κ1) is 31.9. The zero-order chi connectivity index (χ0) is 30.2. The minimum atomic E-state index is -4.31. The summed E-state index contributed by atoms with van der Waals surface area (Å²) in [6.07, 6.45) is 0.699. The molecule has 3 aromatic rings. The molecule has 3 aromatic carbocycles. The maximum absolute atomic E-state index is 13.9. The highest BCUT2D eigenvalue weighted by molar-refractivity contribution is 7.92. The van der Waals surface area contributed by atoms with E-state index in [1.54, 1.807) is 43.3 Å². The molecule has 41 heavy (non-hydrogen) atoms. The highest BCUT2D eigenvalue weighted by atomic mass is 35.5. The summed E-state index contributed by atoms with van der Waals surface area (Å²) in [6, 6.07) is 16.4. The molecular weight excluding hydrogens is 569 g/mol. The van der Waals surface area contributed by atoms with Gasteiger partial charge in [0.2, 0.25) is 11.8 Å². The van der Waals surface area contributed by atoms with E-state index >= 15 is 0 Å². The van der Waals surface area contributed by atoms with Crippen molar-refractivity contribution < 1.29 is 27.1 Å². The Kier molecular flexibility index (Phi) is 11.1. The zero-order valence-electron chi connectivity index (χ0n) is 23.5. The number of anilines is 1. The van der Waals surface area contributed by atoms with Crippen molar-refractivity contribution in [3.05, 3.63) is 89.2 Å². The molecule has 0 radical (unpaired) electrons. The Bertz CT molecular complexity index is 1420. The van der Waals surface area contributed by atoms with Crippen LogP contribution in [0.2, 0.25) is 5.02 Å². The molecule has 0 spiro atoms. The van der Waals surface area contributed by atoms with Crippen LogP contribution in [0.25, 0.3) is 0 Å². The lowest BCUT2D eigenvalue weighted by atomic mass is 10.1. The third kappa shape index (κ3) is 8.43. The molecule has 0 aliphatic heterocycles. The van der Waals surface area contributed by atoms with Gasteiger partial charge in [-0.05, 0) is 93.4 Å². The van der Waals surface area contributed by atoms with Gasteiger partial charge in [0.05, 0.1) is 17.2 Å². The van der Waals surface area contributed by atoms with Crippen LogP contribution < -0.4 is 14.4 Å². The van der Waals surface area contributed by atoms with Crippen molar-refractivity contribution in [2.24, 2.45) is 0 Å². The lowest BCUT2D eigenvalue weighted by Gasteiger charge is -2.32. The van der Waals surface area contributed by atoms with Gasteiger partial charge in [-0.15, -0.1) is 0 Å². The first-order valence-corrected chi connectivity index (χ1v) is 15.1. The molecule has 11 heteroatoms. The van der Waals surface area contributed by atoms with Gasteiger partial charge >= 0.3 is 0 Å². The van der Waals surface area contributed by atoms with Crippen molar-refractivity contribution in [2.45, 2.75) is 57.6 Å². The van der Waals surface area contributed by atoms with E-state index in [0.717, 1.165) is 28.6 Å². The van der Waals surface area contributed by atoms with Crippen LogP contribution >= 0.6 is 11.6 Å². The number of benzene rings is 3. The van der Waals surface area contributed by atoms with Crippen LogP contribution in [0.3, 0.4) is 0 Å². The van der Waals surface area contributed by atoms with E-state index in [2.05, 4.69) is 5.32 Å². The van der Waals surface area contributed by atoms with Gasteiger partial charge in [0.15, 0.2) is 0 Å². The second-order valence-corrected chi connectivity index (χ2v) is 11.8. The Morgan fingerprint density at radius 2 is 1.56 bits per heavy atom. The summed E-state index contributed by atoms with van der Waals surface area (Å²) in [6.45, 7) is 7.07. The van der Waals surface area contributed by atoms with Crippen LogP contribution in [0.5, 0.6) is 5.75 Å². The lowest BCUT2D eigenvalue weighted by Crippen LogP contribution is -2.52. The number of carbonyl (C=O) groups is 2. The van der Waals surface area contributed by atoms with Crippen LogP contribution in [-0.4, -0.2) is 50.4 Å². The van der Waals surface area contributed by atoms with Crippen LogP contribution in [0.1, 0.15) is 39.7 Å². The molecule has 0 aromatic heterocycles. The van der Waals surface area contributed by atoms with E-state index in [1.807, 2.05) is 20.8 Å². The maximum atomic E-state index is 13.9. The molecule has 0 aliphatic carbocycles. The molecule has 0 bridgehead atoms. The molecule has 8 nitrogen and oxygen atoms in total. The van der Waals surface area contributed by atoms with Gasteiger partial charge in [0, 0.05) is 17.6 Å². The van der Waals surface area contributed by atoms with Crippen molar-refractivity contribution in [2.75, 3.05) is 17.5 Å². The predicted molar refractivity (Wildman–Crippen MR) is 158 cm³/mol. The molecular formula is C30H35ClFN3O5S. The SMILES string of the molecule is CCOc1ccc(N(CC(=O)N(Cc2ccc(Cl)cc2)[C@H](C)C(=O)N[C@@H](C)CC)S(=O)(=O)c2ccc(F)cc2)cc1. The molecule has 220 valence electrons. The van der Waals surface area contributed by atoms with Crippen molar-refractivity contribution in [3.63, 3.8) is 0 Å². The van der Waals surface area contributed by atoms with Gasteiger partial charge in [-0.3, -0.25) is 13.9 Å². The average molecular weight is 604 g/mol. The maximum Gasteiger partial charge on any atom is 0.264 e. The summed E-state index contributed by atoms with van der Waals surface area (Å²) >= 11 is 6.03. The van der Waals surface area contributed by atoms with Crippen LogP contribution in [0.4, 0.5) is 10.1 Å². The number of nitrogens with one attached hydrogen (secondary N) is 1. The first-order valence-electron chi connectivity index (χ1n) is 13.3. The molecule has 0 heterocycles. The Morgan fingerprint density at radius 1 is 0.951 bits per heavy atom. The number of halogens is 2. The van der Waals surface area contributed by atoms with Crippen LogP contribution in [-0.2, 0) is 26.2 Å². The fourth-order valence-electron chi connectivity index (χ4n) is 3.97. The Morgan fingerprint density at radius 3 is 2.12 bits per heavy atom. The molecule has 0 saturated carbocycles. The first-order chi connectivity index (χ1) is 19.5. The van der Waals surface area contributed by atoms with E-state index in [-0.39, 0.29) is 29.1 Å². The predicted octanol–water partition coefficient (Wildman–Crippen LogP) is 5.41. The Hall–Kier alpha value is -3.63. The van der Waals surface area contributed by atoms with Gasteiger partial charge < -0.3 is 15.0 Å². The number of amides is 2. The van der Waals surface area contributed by atoms with Crippen molar-refractivity contribution in [1.82, 2.24) is 10.2 Å². The molecule has 3 rings (SSSR count). The summed E-state index contributed by atoms with van der Waals surface area (Å²) < 4.78 is 47.7. The number of nitrogens with zero attached hydrogens (tertiary/aromatic N) is 2. The second kappa shape index (κ2) is 14.3. The highest BCUT2D eigenvalue weighted by Gasteiger charge is 2.33. The smallest absolute Gasteiger partial charge is 0.264 e. The Labute approximate surface area is 246 Å². The summed E-state index contributed by atoms with van der Waals surface area (Å²) in [5.41, 5.74) is 0.911. The van der Waals surface area contributed by atoms with Gasteiger partial charge in [0.25, 0.3) is 10.0 Å². The van der Waals surface area contributed by atoms with Gasteiger partial charge in [-0.2, -0.15) is 0 Å². The molecule has 2 amide bonds. The van der Waals surface area contributed by atoms with Crippen molar-refractivity contribution in [3.8, 4) is 5.75 Å². The van der Waals surface area contributed by atoms with E-state index in [4.69, 9.17) is 16.3 Å². The fourth-order valence-corrected chi connectivity index (χ4v) is 5.51. The van der Waals surface area contributed by atoms with E-state index in [0.29, 0.717) is 29.4 Å². The van der Waals surface area contributed by atoms with Gasteiger partial charge in [0.1, 0.15) is 24.2 Å². The number of hydrogen-bond acceptors (Lipinski definition) is 5. The number of ether oxygens (including phenoxy) is 1. The van der Waals surface area contributed by atoms with Crippen molar-refractivity contribution in [1.29, 1.82) is 0 Å². The fraction of sp³-hybridized carbons (Fsp3) is 0.333. The van der Waals surface area contributed by atoms with Gasteiger partial charge in [-0.25, -0.2) is 12.8 Å². The number of carbonyl (C=O) groups excluding carboxylic acids is 2. The molecule has 0 fully saturated rings. The van der Waals surface area contributed by atoms with Crippen LogP contribution in [0.15, 0.2) is 77.7 Å². The van der Waals surface area contributed by atoms with E-state index in [1.165, 1.54) is 17.0 Å². The summed E-state index contributed by atoms with van der Waals surface area (Å²) in [4.78, 5) is 28.2. The second-order valence-electron chi connectivity index (χ2n) is 9.53. The highest BCUT2D eigenvalue weighted by Crippen LogP contribution is 2.27. The number of rotatable bonds is 13. The third-order valence-electron chi connectivity index (χ3n) is 6.55. The summed E-state index contributed by atoms with van der Waals surface area (Å²) in [5, 5.41) is 3.40. The minimum absolute atomic E-state index is 0.0405. The molecule has 2 atom stereocenters. The normalized spacial score (nSPS) is 12.7. The Balaban J connectivity index is 2.02. The quantitative estimate of drug-likeness (QED) is 0.282. The summed E-state index contributed by atoms with van der Waals surface area (Å²) in [7, 11) is -4.31. The van der Waals surface area contributed by atoms with Crippen LogP contribution in [0, 0.1) is 5.82 Å². The third-order valence-corrected chi connectivity index (χ3v) is 8.59. The van der Waals surface area contributed by atoms with E-state index < -0.39 is 34.3 Å².